The quantitative estimate of drug-likeness (QED) is 0.525. The van der Waals surface area contributed by atoms with Crippen molar-refractivity contribution in [3.63, 3.8) is 0 Å². The van der Waals surface area contributed by atoms with Crippen molar-refractivity contribution < 1.29 is 4.74 Å². The van der Waals surface area contributed by atoms with E-state index in [0.717, 1.165) is 0 Å². The standard InChI is InChI=1S/C7H8N2O2/c8-6-1-3-7(4-2-6)11-5-9-10/h1-4H,5,8H2. The SMILES string of the molecule is Nc1ccc(OCN=O)cc1. The Labute approximate surface area is 63.9 Å². The molecule has 0 amide bonds. The summed E-state index contributed by atoms with van der Waals surface area (Å²) >= 11 is 0. The summed E-state index contributed by atoms with van der Waals surface area (Å²) in [6.07, 6.45) is 0. The van der Waals surface area contributed by atoms with Crippen LogP contribution < -0.4 is 10.5 Å². The Hall–Kier alpha value is -1.58. The molecule has 1 rings (SSSR count). The van der Waals surface area contributed by atoms with Gasteiger partial charge in [-0.05, 0) is 29.4 Å². The molecule has 0 fully saturated rings. The number of hydrogen-bond acceptors (Lipinski definition) is 4. The van der Waals surface area contributed by atoms with E-state index >= 15 is 0 Å². The molecular weight excluding hydrogens is 144 g/mol. The first-order chi connectivity index (χ1) is 5.33. The van der Waals surface area contributed by atoms with Gasteiger partial charge in [0.1, 0.15) is 5.75 Å². The van der Waals surface area contributed by atoms with E-state index in [4.69, 9.17) is 10.5 Å². The fourth-order valence-electron chi connectivity index (χ4n) is 0.665. The Morgan fingerprint density at radius 2 is 2.00 bits per heavy atom. The number of ether oxygens (including phenoxy) is 1. The van der Waals surface area contributed by atoms with Crippen LogP contribution in [0, 0.1) is 4.91 Å². The fraction of sp³-hybridized carbons (Fsp3) is 0.143. The first-order valence-corrected chi connectivity index (χ1v) is 3.10. The minimum Gasteiger partial charge on any atom is -0.468 e. The topological polar surface area (TPSA) is 64.7 Å². The second kappa shape index (κ2) is 3.55. The van der Waals surface area contributed by atoms with E-state index < -0.39 is 0 Å². The van der Waals surface area contributed by atoms with Crippen LogP contribution in [0.3, 0.4) is 0 Å². The largest absolute Gasteiger partial charge is 0.468 e. The smallest absolute Gasteiger partial charge is 0.219 e. The monoisotopic (exact) mass is 152 g/mol. The minimum absolute atomic E-state index is 0.163. The van der Waals surface area contributed by atoms with Gasteiger partial charge < -0.3 is 10.5 Å². The highest BCUT2D eigenvalue weighted by Gasteiger charge is 1.90. The molecule has 58 valence electrons. The number of anilines is 1. The van der Waals surface area contributed by atoms with Gasteiger partial charge in [0.15, 0.2) is 0 Å². The minimum atomic E-state index is -0.163. The summed E-state index contributed by atoms with van der Waals surface area (Å²) in [5, 5.41) is 2.55. The third-order valence-corrected chi connectivity index (χ3v) is 1.16. The first-order valence-electron chi connectivity index (χ1n) is 3.10. The van der Waals surface area contributed by atoms with Gasteiger partial charge in [0.25, 0.3) is 0 Å². The maximum absolute atomic E-state index is 9.65. The highest BCUT2D eigenvalue weighted by atomic mass is 16.5. The lowest BCUT2D eigenvalue weighted by molar-refractivity contribution is 0.330. The van der Waals surface area contributed by atoms with Crippen LogP contribution in [0.5, 0.6) is 5.75 Å². The average molecular weight is 152 g/mol. The molecule has 0 saturated heterocycles. The van der Waals surface area contributed by atoms with Gasteiger partial charge in [-0.25, -0.2) is 0 Å². The summed E-state index contributed by atoms with van der Waals surface area (Å²) in [7, 11) is 0. The summed E-state index contributed by atoms with van der Waals surface area (Å²) in [4.78, 5) is 9.65. The van der Waals surface area contributed by atoms with Gasteiger partial charge >= 0.3 is 0 Å². The van der Waals surface area contributed by atoms with Crippen LogP contribution in [-0.2, 0) is 0 Å². The molecule has 0 saturated carbocycles. The Bertz CT molecular complexity index is 233. The van der Waals surface area contributed by atoms with Gasteiger partial charge in [0.2, 0.25) is 6.73 Å². The van der Waals surface area contributed by atoms with Crippen molar-refractivity contribution in [3.05, 3.63) is 29.2 Å². The first kappa shape index (κ1) is 7.53. The van der Waals surface area contributed by atoms with Crippen LogP contribution in [0.25, 0.3) is 0 Å². The van der Waals surface area contributed by atoms with Crippen LogP contribution >= 0.6 is 0 Å². The third-order valence-electron chi connectivity index (χ3n) is 1.16. The van der Waals surface area contributed by atoms with Crippen molar-refractivity contribution in [2.45, 2.75) is 0 Å². The normalized spacial score (nSPS) is 9.09. The van der Waals surface area contributed by atoms with Crippen molar-refractivity contribution in [1.29, 1.82) is 0 Å². The van der Waals surface area contributed by atoms with Gasteiger partial charge in [-0.1, -0.05) is 0 Å². The molecule has 1 aromatic rings. The van der Waals surface area contributed by atoms with E-state index in [1.807, 2.05) is 0 Å². The molecule has 0 aromatic heterocycles. The summed E-state index contributed by atoms with van der Waals surface area (Å²) in [5.41, 5.74) is 6.08. The van der Waals surface area contributed by atoms with E-state index in [1.165, 1.54) is 0 Å². The number of nitrogens with zero attached hydrogens (tertiary/aromatic N) is 1. The molecule has 4 heteroatoms. The molecule has 4 nitrogen and oxygen atoms in total. The number of rotatable bonds is 3. The molecule has 11 heavy (non-hydrogen) atoms. The number of nitroso groups, excluding NO2 is 1. The molecule has 0 aliphatic rings. The predicted molar refractivity (Wildman–Crippen MR) is 42.1 cm³/mol. The van der Waals surface area contributed by atoms with Crippen molar-refractivity contribution in [3.8, 4) is 5.75 Å². The molecule has 1 aromatic carbocycles. The van der Waals surface area contributed by atoms with Crippen molar-refractivity contribution >= 4 is 5.69 Å². The lowest BCUT2D eigenvalue weighted by Crippen LogP contribution is -1.92. The maximum Gasteiger partial charge on any atom is 0.219 e. The molecule has 0 atom stereocenters. The number of benzene rings is 1. The molecular formula is C7H8N2O2. The highest BCUT2D eigenvalue weighted by molar-refractivity contribution is 5.41. The summed E-state index contributed by atoms with van der Waals surface area (Å²) in [6, 6.07) is 6.75. The van der Waals surface area contributed by atoms with E-state index in [0.29, 0.717) is 11.4 Å². The zero-order valence-electron chi connectivity index (χ0n) is 5.86. The predicted octanol–water partition coefficient (Wildman–Crippen LogP) is 1.37. The fourth-order valence-corrected chi connectivity index (χ4v) is 0.665. The number of nitrogens with two attached hydrogens (primary N) is 1. The van der Waals surface area contributed by atoms with Crippen LogP contribution in [0.4, 0.5) is 5.69 Å². The van der Waals surface area contributed by atoms with Crippen molar-refractivity contribution in [1.82, 2.24) is 0 Å². The van der Waals surface area contributed by atoms with Crippen molar-refractivity contribution in [2.24, 2.45) is 5.18 Å². The van der Waals surface area contributed by atoms with Gasteiger partial charge in [-0.2, -0.15) is 0 Å². The number of hydrogen-bond donors (Lipinski definition) is 1. The molecule has 0 spiro atoms. The lowest BCUT2D eigenvalue weighted by Gasteiger charge is -1.99. The Morgan fingerprint density at radius 1 is 1.36 bits per heavy atom. The molecule has 0 bridgehead atoms. The van der Waals surface area contributed by atoms with E-state index in [2.05, 4.69) is 5.18 Å². The van der Waals surface area contributed by atoms with Gasteiger partial charge in [-0.15, -0.1) is 4.91 Å². The van der Waals surface area contributed by atoms with Crippen molar-refractivity contribution in [2.75, 3.05) is 12.5 Å². The van der Waals surface area contributed by atoms with Crippen LogP contribution in [0.15, 0.2) is 29.4 Å². The summed E-state index contributed by atoms with van der Waals surface area (Å²) in [6.45, 7) is -0.163. The molecule has 0 heterocycles. The number of nitrogen functional groups attached to an aromatic ring is 1. The van der Waals surface area contributed by atoms with E-state index in [-0.39, 0.29) is 6.73 Å². The summed E-state index contributed by atoms with van der Waals surface area (Å²) in [5.74, 6) is 0.596. The zero-order chi connectivity index (χ0) is 8.10. The molecule has 0 radical (unpaired) electrons. The highest BCUT2D eigenvalue weighted by Crippen LogP contribution is 2.12. The van der Waals surface area contributed by atoms with Crippen LogP contribution in [-0.4, -0.2) is 6.73 Å². The van der Waals surface area contributed by atoms with E-state index in [9.17, 15) is 4.91 Å². The maximum atomic E-state index is 9.65. The zero-order valence-corrected chi connectivity index (χ0v) is 5.86. The molecule has 0 aliphatic heterocycles. The Morgan fingerprint density at radius 3 is 2.55 bits per heavy atom. The Kier molecular flexibility index (Phi) is 2.43. The molecule has 0 aliphatic carbocycles. The third kappa shape index (κ3) is 2.25. The average Bonchev–Trinajstić information content (AvgIpc) is 2.04. The van der Waals surface area contributed by atoms with Gasteiger partial charge in [-0.3, -0.25) is 0 Å². The molecule has 2 N–H and O–H groups in total. The van der Waals surface area contributed by atoms with Crippen LogP contribution in [0.1, 0.15) is 0 Å². The summed E-state index contributed by atoms with van der Waals surface area (Å²) < 4.78 is 4.88. The van der Waals surface area contributed by atoms with E-state index in [1.54, 1.807) is 24.3 Å². The second-order valence-electron chi connectivity index (χ2n) is 1.97. The van der Waals surface area contributed by atoms with Gasteiger partial charge in [0.05, 0.1) is 0 Å². The van der Waals surface area contributed by atoms with Crippen LogP contribution in [0.2, 0.25) is 0 Å². The lowest BCUT2D eigenvalue weighted by atomic mass is 10.3. The second-order valence-corrected chi connectivity index (χ2v) is 1.97. The van der Waals surface area contributed by atoms with Gasteiger partial charge in [0, 0.05) is 5.69 Å². The Balaban J connectivity index is 2.58. The molecule has 0 unspecified atom stereocenters.